The average molecular weight is 432 g/mol. The minimum absolute atomic E-state index is 0. The van der Waals surface area contributed by atoms with Crippen molar-refractivity contribution in [3.63, 3.8) is 0 Å². The number of ether oxygens (including phenoxy) is 3. The summed E-state index contributed by atoms with van der Waals surface area (Å²) in [5.74, 6) is 1.76. The summed E-state index contributed by atoms with van der Waals surface area (Å²) in [6.45, 7) is 4.63. The molecule has 7 heteroatoms. The predicted molar refractivity (Wildman–Crippen MR) is 80.9 cm³/mol. The number of rotatable bonds is 3. The fourth-order valence-corrected chi connectivity index (χ4v) is 3.11. The van der Waals surface area contributed by atoms with Crippen molar-refractivity contribution in [2.45, 2.75) is 12.6 Å². The van der Waals surface area contributed by atoms with E-state index < -0.39 is 0 Å². The van der Waals surface area contributed by atoms with Crippen LogP contribution in [0.4, 0.5) is 0 Å². The largest absolute Gasteiger partial charge is 1.00 e. The van der Waals surface area contributed by atoms with E-state index in [1.165, 1.54) is 6.08 Å². The van der Waals surface area contributed by atoms with Crippen molar-refractivity contribution in [1.82, 2.24) is 5.32 Å². The van der Waals surface area contributed by atoms with Gasteiger partial charge in [-0.15, -0.1) is 0 Å². The lowest BCUT2D eigenvalue weighted by Crippen LogP contribution is -3.00. The van der Waals surface area contributed by atoms with Gasteiger partial charge in [-0.05, 0) is 17.7 Å². The SMILES string of the molecule is C=CC(=O)NC1c2c(cc3c(c2OC)OCO3)CC[N+]1(C)C.[I-]. The summed E-state index contributed by atoms with van der Waals surface area (Å²) in [5.41, 5.74) is 2.08. The number of carbonyl (C=O) groups is 1. The third-order valence-electron chi connectivity index (χ3n) is 4.34. The Bertz CT molecular complexity index is 645. The van der Waals surface area contributed by atoms with E-state index in [-0.39, 0.29) is 42.8 Å². The number of carbonyl (C=O) groups excluding carboxylic acids is 1. The molecule has 6 nitrogen and oxygen atoms in total. The van der Waals surface area contributed by atoms with Gasteiger partial charge in [0.2, 0.25) is 18.4 Å². The maximum atomic E-state index is 11.9. The summed E-state index contributed by atoms with van der Waals surface area (Å²) in [6, 6.07) is 1.99. The standard InChI is InChI=1S/C16H20N2O4.HI/c1-5-12(19)17-16-13-10(6-7-18(16,2)3)8-11-14(15(13)20-4)22-9-21-11;/h5,8,16H,1,6-7,9H2,2-4H3;1H. The molecule has 0 saturated heterocycles. The molecular formula is C16H21IN2O4. The Morgan fingerprint density at radius 1 is 1.48 bits per heavy atom. The number of quaternary nitrogens is 1. The lowest BCUT2D eigenvalue weighted by molar-refractivity contribution is -0.925. The highest BCUT2D eigenvalue weighted by molar-refractivity contribution is 5.87. The van der Waals surface area contributed by atoms with Gasteiger partial charge in [0, 0.05) is 6.42 Å². The molecular weight excluding hydrogens is 411 g/mol. The molecule has 3 rings (SSSR count). The first-order valence-electron chi connectivity index (χ1n) is 7.23. The maximum absolute atomic E-state index is 11.9. The number of methoxy groups -OCH3 is 1. The zero-order chi connectivity index (χ0) is 15.9. The molecule has 1 unspecified atom stereocenters. The quantitative estimate of drug-likeness (QED) is 0.354. The predicted octanol–water partition coefficient (Wildman–Crippen LogP) is -1.64. The highest BCUT2D eigenvalue weighted by atomic mass is 127. The molecule has 0 saturated carbocycles. The number of halogens is 1. The molecule has 2 heterocycles. The lowest BCUT2D eigenvalue weighted by Gasteiger charge is -2.42. The maximum Gasteiger partial charge on any atom is 0.248 e. The minimum Gasteiger partial charge on any atom is -1.00 e. The normalized spacial score (nSPS) is 20.0. The van der Waals surface area contributed by atoms with Gasteiger partial charge in [-0.2, -0.15) is 0 Å². The summed E-state index contributed by atoms with van der Waals surface area (Å²) in [7, 11) is 5.78. The number of hydrogen-bond acceptors (Lipinski definition) is 4. The number of fused-ring (bicyclic) bond motifs is 2. The van der Waals surface area contributed by atoms with Crippen LogP contribution >= 0.6 is 0 Å². The fraction of sp³-hybridized carbons (Fsp3) is 0.438. The number of likely N-dealkylation sites (N-methyl/N-ethyl adjacent to an activating group) is 1. The number of hydrogen-bond donors (Lipinski definition) is 1. The second-order valence-electron chi connectivity index (χ2n) is 6.08. The van der Waals surface area contributed by atoms with E-state index >= 15 is 0 Å². The second-order valence-corrected chi connectivity index (χ2v) is 6.08. The molecule has 1 aromatic carbocycles. The Kier molecular flexibility index (Phi) is 5.10. The number of benzene rings is 1. The van der Waals surface area contributed by atoms with Crippen LogP contribution in [0, 0.1) is 0 Å². The van der Waals surface area contributed by atoms with Gasteiger partial charge in [0.15, 0.2) is 17.7 Å². The first kappa shape index (κ1) is 17.9. The molecule has 126 valence electrons. The van der Waals surface area contributed by atoms with Gasteiger partial charge < -0.3 is 42.7 Å². The summed E-state index contributed by atoms with van der Waals surface area (Å²) < 4.78 is 17.3. The van der Waals surface area contributed by atoms with Crippen LogP contribution in [0.25, 0.3) is 0 Å². The molecule has 0 radical (unpaired) electrons. The van der Waals surface area contributed by atoms with Gasteiger partial charge in [0.25, 0.3) is 0 Å². The Balaban J connectivity index is 0.00000192. The Morgan fingerprint density at radius 3 is 2.87 bits per heavy atom. The molecule has 1 atom stereocenters. The van der Waals surface area contributed by atoms with Crippen LogP contribution in [0.3, 0.4) is 0 Å². The van der Waals surface area contributed by atoms with Gasteiger partial charge in [-0.1, -0.05) is 6.58 Å². The Labute approximate surface area is 153 Å². The third-order valence-corrected chi connectivity index (χ3v) is 4.34. The van der Waals surface area contributed by atoms with E-state index in [0.29, 0.717) is 21.7 Å². The smallest absolute Gasteiger partial charge is 0.248 e. The number of nitrogens with zero attached hydrogens (tertiary/aromatic N) is 1. The third kappa shape index (κ3) is 2.99. The first-order chi connectivity index (χ1) is 10.5. The van der Waals surface area contributed by atoms with Crippen LogP contribution in [0.5, 0.6) is 17.2 Å². The summed E-state index contributed by atoms with van der Waals surface area (Å²) in [5, 5.41) is 3.02. The lowest BCUT2D eigenvalue weighted by atomic mass is 9.93. The first-order valence-corrected chi connectivity index (χ1v) is 7.23. The molecule has 0 aromatic heterocycles. The van der Waals surface area contributed by atoms with E-state index in [1.807, 2.05) is 6.07 Å². The Morgan fingerprint density at radius 2 is 2.22 bits per heavy atom. The second kappa shape index (κ2) is 6.56. The van der Waals surface area contributed by atoms with Crippen LogP contribution in [0.1, 0.15) is 17.3 Å². The van der Waals surface area contributed by atoms with E-state index in [2.05, 4.69) is 26.0 Å². The molecule has 23 heavy (non-hydrogen) atoms. The summed E-state index contributed by atoms with van der Waals surface area (Å²) >= 11 is 0. The van der Waals surface area contributed by atoms with Crippen LogP contribution in [-0.2, 0) is 11.2 Å². The van der Waals surface area contributed by atoms with Gasteiger partial charge in [-0.3, -0.25) is 10.1 Å². The number of nitrogens with one attached hydrogen (secondary N) is 1. The molecule has 2 aliphatic heterocycles. The molecule has 1 amide bonds. The van der Waals surface area contributed by atoms with E-state index in [1.54, 1.807) is 7.11 Å². The average Bonchev–Trinajstić information content (AvgIpc) is 2.95. The highest BCUT2D eigenvalue weighted by Gasteiger charge is 2.41. The monoisotopic (exact) mass is 432 g/mol. The fourth-order valence-electron chi connectivity index (χ4n) is 3.11. The number of amides is 1. The van der Waals surface area contributed by atoms with Gasteiger partial charge in [0.1, 0.15) is 0 Å². The van der Waals surface area contributed by atoms with Crippen LogP contribution in [0.2, 0.25) is 0 Å². The highest BCUT2D eigenvalue weighted by Crippen LogP contribution is 2.49. The van der Waals surface area contributed by atoms with Crippen LogP contribution in [-0.4, -0.2) is 44.9 Å². The van der Waals surface area contributed by atoms with Crippen LogP contribution in [0.15, 0.2) is 18.7 Å². The molecule has 2 aliphatic rings. The molecule has 0 fully saturated rings. The zero-order valence-electron chi connectivity index (χ0n) is 13.5. The Hall–Kier alpha value is -1.48. The van der Waals surface area contributed by atoms with Crippen molar-refractivity contribution >= 4 is 5.91 Å². The molecule has 0 bridgehead atoms. The molecule has 1 aromatic rings. The zero-order valence-corrected chi connectivity index (χ0v) is 15.7. The minimum atomic E-state index is -0.223. The summed E-state index contributed by atoms with van der Waals surface area (Å²) in [4.78, 5) is 11.9. The van der Waals surface area contributed by atoms with Crippen molar-refractivity contribution in [3.05, 3.63) is 29.8 Å². The van der Waals surface area contributed by atoms with Crippen molar-refractivity contribution in [3.8, 4) is 17.2 Å². The van der Waals surface area contributed by atoms with E-state index in [0.717, 1.165) is 24.1 Å². The van der Waals surface area contributed by atoms with Crippen molar-refractivity contribution in [2.24, 2.45) is 0 Å². The van der Waals surface area contributed by atoms with E-state index in [9.17, 15) is 4.79 Å². The van der Waals surface area contributed by atoms with Crippen LogP contribution < -0.4 is 43.5 Å². The van der Waals surface area contributed by atoms with Gasteiger partial charge >= 0.3 is 0 Å². The van der Waals surface area contributed by atoms with Crippen molar-refractivity contribution in [1.29, 1.82) is 0 Å². The van der Waals surface area contributed by atoms with Gasteiger partial charge in [-0.25, -0.2) is 0 Å². The van der Waals surface area contributed by atoms with Gasteiger partial charge in [0.05, 0.1) is 33.3 Å². The molecule has 1 N–H and O–H groups in total. The van der Waals surface area contributed by atoms with E-state index in [4.69, 9.17) is 14.2 Å². The topological polar surface area (TPSA) is 56.8 Å². The molecule has 0 spiro atoms. The molecule has 0 aliphatic carbocycles. The summed E-state index contributed by atoms with van der Waals surface area (Å²) in [6.07, 6.45) is 1.95. The van der Waals surface area contributed by atoms with Crippen molar-refractivity contribution in [2.75, 3.05) is 34.5 Å². The van der Waals surface area contributed by atoms with Crippen molar-refractivity contribution < 1.29 is 47.5 Å².